The summed E-state index contributed by atoms with van der Waals surface area (Å²) in [6.07, 6.45) is 6.19. The van der Waals surface area contributed by atoms with Crippen molar-refractivity contribution >= 4 is 27.5 Å². The number of piperidine rings is 1. The van der Waals surface area contributed by atoms with Crippen LogP contribution in [0, 0.1) is 0 Å². The second-order valence-corrected chi connectivity index (χ2v) is 6.10. The van der Waals surface area contributed by atoms with Gasteiger partial charge in [-0.2, -0.15) is 0 Å². The van der Waals surface area contributed by atoms with Crippen LogP contribution in [0.25, 0.3) is 5.69 Å². The molecule has 2 aromatic rings. The number of aromatic nitrogens is 2. The summed E-state index contributed by atoms with van der Waals surface area (Å²) in [5.41, 5.74) is 2.37. The second kappa shape index (κ2) is 5.65. The Balaban J connectivity index is 1.99. The standard InChI is InChI=1S/C14H15BrClN3/c15-12-7-11(16)1-2-13(12)19-9-18-8-14(19)10-3-5-17-6-4-10/h1-2,7-10,17H,3-6H2. The van der Waals surface area contributed by atoms with Crippen LogP contribution in [0.1, 0.15) is 24.5 Å². The van der Waals surface area contributed by atoms with Gasteiger partial charge in [0, 0.05) is 27.3 Å². The lowest BCUT2D eigenvalue weighted by atomic mass is 9.95. The Morgan fingerprint density at radius 2 is 2.11 bits per heavy atom. The first kappa shape index (κ1) is 13.2. The first-order valence-corrected chi connectivity index (χ1v) is 7.61. The van der Waals surface area contributed by atoms with Crippen LogP contribution in [0.3, 0.4) is 0 Å². The molecule has 0 bridgehead atoms. The molecule has 0 radical (unpaired) electrons. The van der Waals surface area contributed by atoms with E-state index in [0.29, 0.717) is 5.92 Å². The van der Waals surface area contributed by atoms with Gasteiger partial charge in [-0.1, -0.05) is 11.6 Å². The summed E-state index contributed by atoms with van der Waals surface area (Å²) in [6.45, 7) is 2.16. The summed E-state index contributed by atoms with van der Waals surface area (Å²) >= 11 is 9.58. The molecule has 3 nitrogen and oxygen atoms in total. The van der Waals surface area contributed by atoms with Crippen molar-refractivity contribution in [3.05, 3.63) is 45.9 Å². The van der Waals surface area contributed by atoms with Gasteiger partial charge < -0.3 is 9.88 Å². The maximum absolute atomic E-state index is 6.00. The zero-order valence-corrected chi connectivity index (χ0v) is 12.8. The second-order valence-electron chi connectivity index (χ2n) is 4.81. The molecule has 1 saturated heterocycles. The van der Waals surface area contributed by atoms with Gasteiger partial charge in [-0.3, -0.25) is 0 Å². The topological polar surface area (TPSA) is 29.9 Å². The summed E-state index contributed by atoms with van der Waals surface area (Å²) in [5.74, 6) is 0.575. The molecule has 3 rings (SSSR count). The Bertz CT molecular complexity index is 576. The van der Waals surface area contributed by atoms with E-state index < -0.39 is 0 Å². The van der Waals surface area contributed by atoms with E-state index in [2.05, 4.69) is 30.8 Å². The molecule has 1 aliphatic heterocycles. The zero-order valence-electron chi connectivity index (χ0n) is 10.4. The van der Waals surface area contributed by atoms with Crippen molar-refractivity contribution in [2.75, 3.05) is 13.1 Å². The Kier molecular flexibility index (Phi) is 3.91. The predicted octanol–water partition coefficient (Wildman–Crippen LogP) is 3.76. The molecule has 0 atom stereocenters. The smallest absolute Gasteiger partial charge is 0.0994 e. The maximum Gasteiger partial charge on any atom is 0.0994 e. The minimum atomic E-state index is 0.575. The molecular weight excluding hydrogens is 326 g/mol. The minimum Gasteiger partial charge on any atom is -0.317 e. The van der Waals surface area contributed by atoms with Crippen molar-refractivity contribution < 1.29 is 0 Å². The molecule has 1 fully saturated rings. The summed E-state index contributed by atoms with van der Waals surface area (Å²) < 4.78 is 3.16. The summed E-state index contributed by atoms with van der Waals surface area (Å²) in [7, 11) is 0. The summed E-state index contributed by atoms with van der Waals surface area (Å²) in [6, 6.07) is 5.86. The van der Waals surface area contributed by atoms with E-state index in [-0.39, 0.29) is 0 Å². The molecule has 1 aromatic carbocycles. The van der Waals surface area contributed by atoms with E-state index in [0.717, 1.165) is 41.1 Å². The zero-order chi connectivity index (χ0) is 13.2. The molecule has 1 aromatic heterocycles. The van der Waals surface area contributed by atoms with Crippen molar-refractivity contribution in [3.63, 3.8) is 0 Å². The number of benzene rings is 1. The van der Waals surface area contributed by atoms with E-state index in [9.17, 15) is 0 Å². The lowest BCUT2D eigenvalue weighted by Crippen LogP contribution is -2.27. The predicted molar refractivity (Wildman–Crippen MR) is 81.1 cm³/mol. The molecule has 2 heterocycles. The number of imidazole rings is 1. The molecule has 0 aliphatic carbocycles. The molecule has 1 aliphatic rings. The highest BCUT2D eigenvalue weighted by Gasteiger charge is 2.20. The molecule has 19 heavy (non-hydrogen) atoms. The van der Waals surface area contributed by atoms with E-state index >= 15 is 0 Å². The fourth-order valence-corrected chi connectivity index (χ4v) is 3.48. The molecule has 0 saturated carbocycles. The minimum absolute atomic E-state index is 0.575. The molecule has 0 amide bonds. The van der Waals surface area contributed by atoms with Gasteiger partial charge in [0.15, 0.2) is 0 Å². The quantitative estimate of drug-likeness (QED) is 0.902. The van der Waals surface area contributed by atoms with Crippen LogP contribution in [0.4, 0.5) is 0 Å². The fourth-order valence-electron chi connectivity index (χ4n) is 2.60. The molecule has 0 spiro atoms. The van der Waals surface area contributed by atoms with Crippen molar-refractivity contribution in [2.45, 2.75) is 18.8 Å². The lowest BCUT2D eigenvalue weighted by molar-refractivity contribution is 0.449. The van der Waals surface area contributed by atoms with Gasteiger partial charge in [-0.15, -0.1) is 0 Å². The van der Waals surface area contributed by atoms with Gasteiger partial charge in [0.2, 0.25) is 0 Å². The van der Waals surface area contributed by atoms with Crippen LogP contribution in [0.15, 0.2) is 35.2 Å². The number of nitrogens with one attached hydrogen (secondary N) is 1. The van der Waals surface area contributed by atoms with Crippen LogP contribution >= 0.6 is 27.5 Å². The molecule has 1 N–H and O–H groups in total. The van der Waals surface area contributed by atoms with Crippen molar-refractivity contribution in [1.82, 2.24) is 14.9 Å². The van der Waals surface area contributed by atoms with E-state index in [1.54, 1.807) is 0 Å². The molecular formula is C14H15BrClN3. The first-order valence-electron chi connectivity index (χ1n) is 6.44. The van der Waals surface area contributed by atoms with E-state index in [1.165, 1.54) is 5.69 Å². The molecule has 100 valence electrons. The van der Waals surface area contributed by atoms with Gasteiger partial charge in [-0.25, -0.2) is 4.98 Å². The van der Waals surface area contributed by atoms with Crippen molar-refractivity contribution in [2.24, 2.45) is 0 Å². The third-order valence-corrected chi connectivity index (χ3v) is 4.46. The van der Waals surface area contributed by atoms with Gasteiger partial charge in [0.1, 0.15) is 0 Å². The summed E-state index contributed by atoms with van der Waals surface area (Å²) in [4.78, 5) is 4.33. The number of hydrogen-bond donors (Lipinski definition) is 1. The van der Waals surface area contributed by atoms with Crippen LogP contribution in [0.2, 0.25) is 5.02 Å². The fraction of sp³-hybridized carbons (Fsp3) is 0.357. The van der Waals surface area contributed by atoms with Gasteiger partial charge in [0.05, 0.1) is 12.0 Å². The highest BCUT2D eigenvalue weighted by atomic mass is 79.9. The lowest BCUT2D eigenvalue weighted by Gasteiger charge is -2.24. The Labute approximate surface area is 126 Å². The number of hydrogen-bond acceptors (Lipinski definition) is 2. The van der Waals surface area contributed by atoms with Gasteiger partial charge in [0.25, 0.3) is 0 Å². The summed E-state index contributed by atoms with van der Waals surface area (Å²) in [5, 5.41) is 4.13. The monoisotopic (exact) mass is 339 g/mol. The average molecular weight is 341 g/mol. The maximum atomic E-state index is 6.00. The molecule has 5 heteroatoms. The highest BCUT2D eigenvalue weighted by Crippen LogP contribution is 2.31. The Morgan fingerprint density at radius 1 is 1.32 bits per heavy atom. The first-order chi connectivity index (χ1) is 9.25. The highest BCUT2D eigenvalue weighted by molar-refractivity contribution is 9.10. The van der Waals surface area contributed by atoms with Crippen molar-refractivity contribution in [3.8, 4) is 5.69 Å². The van der Waals surface area contributed by atoms with Crippen molar-refractivity contribution in [1.29, 1.82) is 0 Å². The number of nitrogens with zero attached hydrogens (tertiary/aromatic N) is 2. The molecule has 0 unspecified atom stereocenters. The van der Waals surface area contributed by atoms with Crippen LogP contribution in [-0.2, 0) is 0 Å². The number of rotatable bonds is 2. The van der Waals surface area contributed by atoms with E-state index in [4.69, 9.17) is 11.6 Å². The number of halogens is 2. The van der Waals surface area contributed by atoms with Gasteiger partial charge >= 0.3 is 0 Å². The van der Waals surface area contributed by atoms with Gasteiger partial charge in [-0.05, 0) is 60.1 Å². The third kappa shape index (κ3) is 2.71. The SMILES string of the molecule is Clc1ccc(-n2cncc2C2CCNCC2)c(Br)c1. The largest absolute Gasteiger partial charge is 0.317 e. The van der Waals surface area contributed by atoms with E-state index in [1.807, 2.05) is 30.7 Å². The normalized spacial score (nSPS) is 16.7. The Morgan fingerprint density at radius 3 is 2.84 bits per heavy atom. The van der Waals surface area contributed by atoms with Crippen LogP contribution in [-0.4, -0.2) is 22.6 Å². The van der Waals surface area contributed by atoms with Crippen LogP contribution < -0.4 is 5.32 Å². The van der Waals surface area contributed by atoms with Crippen LogP contribution in [0.5, 0.6) is 0 Å². The Hall–Kier alpha value is -0.840. The third-order valence-electron chi connectivity index (χ3n) is 3.59. The average Bonchev–Trinajstić information content (AvgIpc) is 2.89.